The van der Waals surface area contributed by atoms with Crippen LogP contribution in [0.4, 0.5) is 4.79 Å². The Morgan fingerprint density at radius 3 is 2.71 bits per heavy atom. The predicted octanol–water partition coefficient (Wildman–Crippen LogP) is 2.23. The molecule has 4 nitrogen and oxygen atoms in total. The first-order valence-corrected chi connectivity index (χ1v) is 6.73. The molecule has 0 radical (unpaired) electrons. The van der Waals surface area contributed by atoms with Gasteiger partial charge in [-0.15, -0.1) is 0 Å². The van der Waals surface area contributed by atoms with Crippen LogP contribution in [0.5, 0.6) is 0 Å². The second-order valence-electron chi connectivity index (χ2n) is 5.25. The van der Waals surface area contributed by atoms with Gasteiger partial charge in [-0.2, -0.15) is 0 Å². The van der Waals surface area contributed by atoms with E-state index < -0.39 is 0 Å². The highest BCUT2D eigenvalue weighted by molar-refractivity contribution is 5.68. The quantitative estimate of drug-likeness (QED) is 0.804. The van der Waals surface area contributed by atoms with Crippen molar-refractivity contribution in [3.05, 3.63) is 0 Å². The molecule has 0 heterocycles. The Kier molecular flexibility index (Phi) is 5.75. The maximum Gasteiger partial charge on any atom is 0.410 e. The minimum absolute atomic E-state index is 0.174. The molecule has 17 heavy (non-hydrogen) atoms. The molecule has 1 saturated carbocycles. The molecule has 2 N–H and O–H groups in total. The van der Waals surface area contributed by atoms with Crippen molar-refractivity contribution in [3.8, 4) is 0 Å². The molecule has 2 atom stereocenters. The van der Waals surface area contributed by atoms with E-state index in [1.165, 1.54) is 6.42 Å². The third kappa shape index (κ3) is 3.87. The highest BCUT2D eigenvalue weighted by atomic mass is 16.6. The zero-order valence-corrected chi connectivity index (χ0v) is 11.3. The molecular weight excluding hydrogens is 216 g/mol. The standard InChI is InChI=1S/C13H26N2O2/c1-4-15(13(16)17-9-10(2)3)12-7-5-6-11(12)8-14/h10-12H,4-9,14H2,1-3H3. The topological polar surface area (TPSA) is 55.6 Å². The van der Waals surface area contributed by atoms with Crippen LogP contribution in [0.15, 0.2) is 0 Å². The zero-order chi connectivity index (χ0) is 12.8. The molecule has 0 aliphatic heterocycles. The monoisotopic (exact) mass is 242 g/mol. The Bertz CT molecular complexity index is 244. The predicted molar refractivity (Wildman–Crippen MR) is 68.7 cm³/mol. The highest BCUT2D eigenvalue weighted by Crippen LogP contribution is 2.29. The Labute approximate surface area is 104 Å². The molecule has 0 saturated heterocycles. The average Bonchev–Trinajstić information content (AvgIpc) is 2.75. The largest absolute Gasteiger partial charge is 0.449 e. The van der Waals surface area contributed by atoms with Gasteiger partial charge in [0.25, 0.3) is 0 Å². The Balaban J connectivity index is 2.54. The number of hydrogen-bond acceptors (Lipinski definition) is 3. The van der Waals surface area contributed by atoms with Crippen LogP contribution in [0.1, 0.15) is 40.0 Å². The molecule has 0 aromatic rings. The molecule has 1 rings (SSSR count). The van der Waals surface area contributed by atoms with E-state index in [1.807, 2.05) is 25.7 Å². The molecule has 2 unspecified atom stereocenters. The summed E-state index contributed by atoms with van der Waals surface area (Å²) in [5.74, 6) is 0.827. The summed E-state index contributed by atoms with van der Waals surface area (Å²) in [6.07, 6.45) is 3.19. The smallest absolute Gasteiger partial charge is 0.410 e. The molecule has 0 aromatic heterocycles. The summed E-state index contributed by atoms with van der Waals surface area (Å²) in [6.45, 7) is 7.96. The highest BCUT2D eigenvalue weighted by Gasteiger charge is 2.33. The van der Waals surface area contributed by atoms with Crippen LogP contribution in [-0.4, -0.2) is 36.7 Å². The molecule has 4 heteroatoms. The van der Waals surface area contributed by atoms with Crippen LogP contribution < -0.4 is 5.73 Å². The fourth-order valence-electron chi connectivity index (χ4n) is 2.52. The fourth-order valence-corrected chi connectivity index (χ4v) is 2.52. The second kappa shape index (κ2) is 6.84. The second-order valence-corrected chi connectivity index (χ2v) is 5.25. The minimum Gasteiger partial charge on any atom is -0.449 e. The first-order chi connectivity index (χ1) is 8.10. The van der Waals surface area contributed by atoms with E-state index in [2.05, 4.69) is 0 Å². The van der Waals surface area contributed by atoms with E-state index in [9.17, 15) is 4.79 Å². The Hall–Kier alpha value is -0.770. The summed E-state index contributed by atoms with van der Waals surface area (Å²) in [6, 6.07) is 0.282. The average molecular weight is 242 g/mol. The summed E-state index contributed by atoms with van der Waals surface area (Å²) >= 11 is 0. The normalized spacial score (nSPS) is 24.1. The van der Waals surface area contributed by atoms with Crippen molar-refractivity contribution < 1.29 is 9.53 Å². The van der Waals surface area contributed by atoms with E-state index in [0.29, 0.717) is 31.5 Å². The number of carbonyl (C=O) groups is 1. The molecule has 1 fully saturated rings. The molecule has 1 aliphatic carbocycles. The van der Waals surface area contributed by atoms with Crippen LogP contribution in [-0.2, 0) is 4.74 Å². The van der Waals surface area contributed by atoms with Gasteiger partial charge in [0.2, 0.25) is 0 Å². The lowest BCUT2D eigenvalue weighted by atomic mass is 10.0. The number of amides is 1. The lowest BCUT2D eigenvalue weighted by molar-refractivity contribution is 0.0722. The third-order valence-corrected chi connectivity index (χ3v) is 3.44. The summed E-state index contributed by atoms with van der Waals surface area (Å²) in [5.41, 5.74) is 5.76. The first-order valence-electron chi connectivity index (χ1n) is 6.73. The van der Waals surface area contributed by atoms with Crippen LogP contribution in [0, 0.1) is 11.8 Å². The van der Waals surface area contributed by atoms with E-state index in [1.54, 1.807) is 0 Å². The Morgan fingerprint density at radius 2 is 2.18 bits per heavy atom. The molecule has 0 bridgehead atoms. The van der Waals surface area contributed by atoms with E-state index >= 15 is 0 Å². The summed E-state index contributed by atoms with van der Waals surface area (Å²) < 4.78 is 5.31. The number of hydrogen-bond donors (Lipinski definition) is 1. The lowest BCUT2D eigenvalue weighted by Crippen LogP contribution is -2.44. The SMILES string of the molecule is CCN(C(=O)OCC(C)C)C1CCCC1CN. The zero-order valence-electron chi connectivity index (χ0n) is 11.3. The molecule has 100 valence electrons. The van der Waals surface area contributed by atoms with E-state index in [0.717, 1.165) is 12.8 Å². The van der Waals surface area contributed by atoms with Gasteiger partial charge in [0.1, 0.15) is 0 Å². The van der Waals surface area contributed by atoms with Crippen molar-refractivity contribution in [1.82, 2.24) is 4.90 Å². The number of rotatable bonds is 5. The van der Waals surface area contributed by atoms with Gasteiger partial charge in [-0.25, -0.2) is 4.79 Å². The maximum atomic E-state index is 12.0. The molecular formula is C13H26N2O2. The van der Waals surface area contributed by atoms with Crippen molar-refractivity contribution in [3.63, 3.8) is 0 Å². The van der Waals surface area contributed by atoms with E-state index in [-0.39, 0.29) is 12.1 Å². The van der Waals surface area contributed by atoms with E-state index in [4.69, 9.17) is 10.5 Å². The van der Waals surface area contributed by atoms with Crippen LogP contribution in [0.3, 0.4) is 0 Å². The van der Waals surface area contributed by atoms with Gasteiger partial charge in [-0.1, -0.05) is 20.3 Å². The van der Waals surface area contributed by atoms with Crippen molar-refractivity contribution in [1.29, 1.82) is 0 Å². The van der Waals surface area contributed by atoms with Gasteiger partial charge in [0.05, 0.1) is 6.61 Å². The molecule has 0 spiro atoms. The van der Waals surface area contributed by atoms with Crippen LogP contribution in [0.25, 0.3) is 0 Å². The van der Waals surface area contributed by atoms with Gasteiger partial charge >= 0.3 is 6.09 Å². The lowest BCUT2D eigenvalue weighted by Gasteiger charge is -2.31. The van der Waals surface area contributed by atoms with Gasteiger partial charge in [-0.05, 0) is 38.1 Å². The summed E-state index contributed by atoms with van der Waals surface area (Å²) in [5, 5.41) is 0. The number of ether oxygens (including phenoxy) is 1. The van der Waals surface area contributed by atoms with Gasteiger partial charge < -0.3 is 15.4 Å². The summed E-state index contributed by atoms with van der Waals surface area (Å²) in [7, 11) is 0. The number of nitrogens with two attached hydrogens (primary N) is 1. The fraction of sp³-hybridized carbons (Fsp3) is 0.923. The van der Waals surface area contributed by atoms with Crippen molar-refractivity contribution >= 4 is 6.09 Å². The van der Waals surface area contributed by atoms with Gasteiger partial charge in [0, 0.05) is 12.6 Å². The molecule has 0 aromatic carbocycles. The third-order valence-electron chi connectivity index (χ3n) is 3.44. The van der Waals surface area contributed by atoms with Crippen LogP contribution in [0.2, 0.25) is 0 Å². The number of nitrogens with zero attached hydrogens (tertiary/aromatic N) is 1. The Morgan fingerprint density at radius 1 is 1.47 bits per heavy atom. The van der Waals surface area contributed by atoms with Gasteiger partial charge in [0.15, 0.2) is 0 Å². The number of carbonyl (C=O) groups excluding carboxylic acids is 1. The first kappa shape index (κ1) is 14.3. The van der Waals surface area contributed by atoms with Crippen molar-refractivity contribution in [2.24, 2.45) is 17.6 Å². The van der Waals surface area contributed by atoms with Crippen molar-refractivity contribution in [2.45, 2.75) is 46.1 Å². The molecule has 1 aliphatic rings. The maximum absolute atomic E-state index is 12.0. The van der Waals surface area contributed by atoms with Gasteiger partial charge in [-0.3, -0.25) is 0 Å². The van der Waals surface area contributed by atoms with Crippen LogP contribution >= 0.6 is 0 Å². The minimum atomic E-state index is -0.174. The van der Waals surface area contributed by atoms with Crippen molar-refractivity contribution in [2.75, 3.05) is 19.7 Å². The molecule has 1 amide bonds. The summed E-state index contributed by atoms with van der Waals surface area (Å²) in [4.78, 5) is 13.8.